The summed E-state index contributed by atoms with van der Waals surface area (Å²) in [6, 6.07) is 21.4. The van der Waals surface area contributed by atoms with Crippen molar-refractivity contribution in [3.05, 3.63) is 71.8 Å². The standard InChI is InChI=1S/C18H20OS/c1-3-8-16(9-4-1)14-18(19-12-7-13-20-18)15-17-10-5-2-6-11-17/h1-6,8-11H,7,12-15H2. The van der Waals surface area contributed by atoms with Crippen LogP contribution in [0.2, 0.25) is 0 Å². The molecule has 0 aliphatic carbocycles. The third-order valence-electron chi connectivity index (χ3n) is 3.65. The number of benzene rings is 2. The number of rotatable bonds is 4. The zero-order valence-corrected chi connectivity index (χ0v) is 12.4. The van der Waals surface area contributed by atoms with Crippen molar-refractivity contribution < 1.29 is 4.74 Å². The van der Waals surface area contributed by atoms with E-state index < -0.39 is 0 Å². The highest BCUT2D eigenvalue weighted by Crippen LogP contribution is 2.38. The second kappa shape index (κ2) is 6.47. The lowest BCUT2D eigenvalue weighted by Crippen LogP contribution is -2.38. The maximum atomic E-state index is 6.24. The van der Waals surface area contributed by atoms with Gasteiger partial charge in [0.1, 0.15) is 4.93 Å². The Bertz CT molecular complexity index is 474. The molecule has 0 radical (unpaired) electrons. The Morgan fingerprint density at radius 1 is 0.850 bits per heavy atom. The molecule has 0 spiro atoms. The van der Waals surface area contributed by atoms with Crippen LogP contribution in [0.1, 0.15) is 17.5 Å². The third kappa shape index (κ3) is 3.44. The predicted molar refractivity (Wildman–Crippen MR) is 86.1 cm³/mol. The van der Waals surface area contributed by atoms with Crippen LogP contribution in [-0.4, -0.2) is 17.3 Å². The molecule has 0 amide bonds. The van der Waals surface area contributed by atoms with E-state index in [9.17, 15) is 0 Å². The highest BCUT2D eigenvalue weighted by molar-refractivity contribution is 8.00. The summed E-state index contributed by atoms with van der Waals surface area (Å²) in [5.41, 5.74) is 2.72. The van der Waals surface area contributed by atoms with Gasteiger partial charge in [0.05, 0.1) is 0 Å². The van der Waals surface area contributed by atoms with Gasteiger partial charge >= 0.3 is 0 Å². The van der Waals surface area contributed by atoms with Crippen LogP contribution in [0.5, 0.6) is 0 Å². The van der Waals surface area contributed by atoms with Gasteiger partial charge in [-0.2, -0.15) is 0 Å². The molecule has 1 saturated heterocycles. The largest absolute Gasteiger partial charge is 0.364 e. The maximum absolute atomic E-state index is 6.24. The van der Waals surface area contributed by atoms with E-state index in [4.69, 9.17) is 4.74 Å². The fraction of sp³-hybridized carbons (Fsp3) is 0.333. The lowest BCUT2D eigenvalue weighted by Gasteiger charge is -2.37. The van der Waals surface area contributed by atoms with E-state index in [0.29, 0.717) is 0 Å². The van der Waals surface area contributed by atoms with E-state index in [1.54, 1.807) is 0 Å². The lowest BCUT2D eigenvalue weighted by atomic mass is 10.0. The Morgan fingerprint density at radius 3 is 1.85 bits per heavy atom. The van der Waals surface area contributed by atoms with Gasteiger partial charge in [-0.05, 0) is 23.3 Å². The first-order valence-corrected chi connectivity index (χ1v) is 8.21. The Kier molecular flexibility index (Phi) is 4.44. The minimum absolute atomic E-state index is 0.0963. The zero-order chi connectivity index (χ0) is 13.7. The molecule has 0 atom stereocenters. The van der Waals surface area contributed by atoms with Crippen LogP contribution < -0.4 is 0 Å². The molecule has 0 N–H and O–H groups in total. The van der Waals surface area contributed by atoms with Crippen LogP contribution in [0.4, 0.5) is 0 Å². The van der Waals surface area contributed by atoms with Gasteiger partial charge in [0.2, 0.25) is 0 Å². The van der Waals surface area contributed by atoms with Crippen molar-refractivity contribution in [1.29, 1.82) is 0 Å². The van der Waals surface area contributed by atoms with Gasteiger partial charge in [0.25, 0.3) is 0 Å². The Labute approximate surface area is 125 Å². The quantitative estimate of drug-likeness (QED) is 0.827. The van der Waals surface area contributed by atoms with Gasteiger partial charge in [-0.1, -0.05) is 60.7 Å². The summed E-state index contributed by atoms with van der Waals surface area (Å²) >= 11 is 1.98. The molecular weight excluding hydrogens is 264 g/mol. The Hall–Kier alpha value is -1.25. The minimum Gasteiger partial charge on any atom is -0.364 e. The molecule has 2 heteroatoms. The van der Waals surface area contributed by atoms with Crippen molar-refractivity contribution >= 4 is 11.8 Å². The van der Waals surface area contributed by atoms with Crippen LogP contribution >= 0.6 is 11.8 Å². The lowest BCUT2D eigenvalue weighted by molar-refractivity contribution is 0.0198. The van der Waals surface area contributed by atoms with E-state index in [2.05, 4.69) is 60.7 Å². The first-order chi connectivity index (χ1) is 9.86. The summed E-state index contributed by atoms with van der Waals surface area (Å²) in [6.07, 6.45) is 3.12. The normalized spacial score (nSPS) is 17.8. The van der Waals surface area contributed by atoms with Crippen molar-refractivity contribution in [1.82, 2.24) is 0 Å². The van der Waals surface area contributed by atoms with E-state index >= 15 is 0 Å². The SMILES string of the molecule is c1ccc(CC2(Cc3ccccc3)OCCCS2)cc1. The van der Waals surface area contributed by atoms with Crippen molar-refractivity contribution in [3.8, 4) is 0 Å². The number of thioether (sulfide) groups is 1. The van der Waals surface area contributed by atoms with Crippen molar-refractivity contribution in [3.63, 3.8) is 0 Å². The van der Waals surface area contributed by atoms with E-state index in [1.165, 1.54) is 16.9 Å². The maximum Gasteiger partial charge on any atom is 0.121 e. The zero-order valence-electron chi connectivity index (χ0n) is 11.6. The molecule has 20 heavy (non-hydrogen) atoms. The molecule has 0 bridgehead atoms. The van der Waals surface area contributed by atoms with E-state index in [1.807, 2.05) is 11.8 Å². The van der Waals surface area contributed by atoms with Gasteiger partial charge < -0.3 is 4.74 Å². The summed E-state index contributed by atoms with van der Waals surface area (Å²) in [4.78, 5) is -0.0963. The summed E-state index contributed by atoms with van der Waals surface area (Å²) in [6.45, 7) is 0.882. The molecule has 1 aliphatic rings. The molecule has 1 nitrogen and oxygen atoms in total. The number of hydrogen-bond acceptors (Lipinski definition) is 2. The van der Waals surface area contributed by atoms with Gasteiger partial charge in [-0.25, -0.2) is 0 Å². The highest BCUT2D eigenvalue weighted by atomic mass is 32.2. The average molecular weight is 284 g/mol. The van der Waals surface area contributed by atoms with Crippen LogP contribution in [0, 0.1) is 0 Å². The van der Waals surface area contributed by atoms with Gasteiger partial charge in [0, 0.05) is 19.4 Å². The van der Waals surface area contributed by atoms with Crippen LogP contribution in [0.25, 0.3) is 0 Å². The fourth-order valence-corrected chi connectivity index (χ4v) is 4.04. The molecule has 104 valence electrons. The van der Waals surface area contributed by atoms with Crippen LogP contribution in [0.15, 0.2) is 60.7 Å². The number of hydrogen-bond donors (Lipinski definition) is 0. The van der Waals surface area contributed by atoms with Crippen molar-refractivity contribution in [2.45, 2.75) is 24.2 Å². The fourth-order valence-electron chi connectivity index (χ4n) is 2.70. The van der Waals surface area contributed by atoms with Crippen LogP contribution in [-0.2, 0) is 17.6 Å². The van der Waals surface area contributed by atoms with Crippen molar-refractivity contribution in [2.75, 3.05) is 12.4 Å². The summed E-state index contributed by atoms with van der Waals surface area (Å²) < 4.78 is 6.24. The second-order valence-corrected chi connectivity index (χ2v) is 6.73. The molecule has 1 fully saturated rings. The summed E-state index contributed by atoms with van der Waals surface area (Å²) in [5, 5.41) is 0. The molecular formula is C18H20OS. The Morgan fingerprint density at radius 2 is 1.40 bits per heavy atom. The molecule has 1 heterocycles. The van der Waals surface area contributed by atoms with Gasteiger partial charge in [0.15, 0.2) is 0 Å². The first kappa shape index (κ1) is 13.7. The first-order valence-electron chi connectivity index (χ1n) is 7.22. The molecule has 3 rings (SSSR count). The molecule has 2 aromatic carbocycles. The number of ether oxygens (including phenoxy) is 1. The van der Waals surface area contributed by atoms with Crippen LogP contribution in [0.3, 0.4) is 0 Å². The van der Waals surface area contributed by atoms with E-state index in [0.717, 1.165) is 25.9 Å². The smallest absolute Gasteiger partial charge is 0.121 e. The molecule has 2 aromatic rings. The third-order valence-corrected chi connectivity index (χ3v) is 5.08. The average Bonchev–Trinajstić information content (AvgIpc) is 2.50. The molecule has 0 saturated carbocycles. The van der Waals surface area contributed by atoms with Gasteiger partial charge in [-0.15, -0.1) is 11.8 Å². The topological polar surface area (TPSA) is 9.23 Å². The summed E-state index contributed by atoms with van der Waals surface area (Å²) in [7, 11) is 0. The summed E-state index contributed by atoms with van der Waals surface area (Å²) in [5.74, 6) is 1.19. The Balaban J connectivity index is 1.81. The molecule has 1 aliphatic heterocycles. The monoisotopic (exact) mass is 284 g/mol. The highest BCUT2D eigenvalue weighted by Gasteiger charge is 2.34. The van der Waals surface area contributed by atoms with Gasteiger partial charge in [-0.3, -0.25) is 0 Å². The second-order valence-electron chi connectivity index (χ2n) is 5.29. The minimum atomic E-state index is -0.0963. The predicted octanol–water partition coefficient (Wildman–Crippen LogP) is 4.32. The molecule has 0 unspecified atom stereocenters. The molecule has 0 aromatic heterocycles. The van der Waals surface area contributed by atoms with E-state index in [-0.39, 0.29) is 4.93 Å². The van der Waals surface area contributed by atoms with Crippen molar-refractivity contribution in [2.24, 2.45) is 0 Å².